The zero-order valence-corrected chi connectivity index (χ0v) is 22.1. The van der Waals surface area contributed by atoms with Gasteiger partial charge in [-0.05, 0) is 49.2 Å². The summed E-state index contributed by atoms with van der Waals surface area (Å²) in [4.78, 5) is 21.0. The molecule has 2 aromatic carbocycles. The number of carbonyl (C=O) groups excluding carboxylic acids is 1. The number of halogens is 1. The van der Waals surface area contributed by atoms with E-state index in [1.54, 1.807) is 26.1 Å². The Labute approximate surface area is 214 Å². The van der Waals surface area contributed by atoms with E-state index in [4.69, 9.17) is 9.73 Å². The fourth-order valence-corrected chi connectivity index (χ4v) is 3.77. The summed E-state index contributed by atoms with van der Waals surface area (Å²) in [6, 6.07) is 18.7. The van der Waals surface area contributed by atoms with E-state index in [0.717, 1.165) is 24.4 Å². The second-order valence-electron chi connectivity index (χ2n) is 8.21. The molecular weight excluding hydrogens is 529 g/mol. The lowest BCUT2D eigenvalue weighted by Crippen LogP contribution is -2.45. The minimum absolute atomic E-state index is 0. The molecule has 0 bridgehead atoms. The van der Waals surface area contributed by atoms with Crippen LogP contribution in [-0.4, -0.2) is 69.1 Å². The zero-order valence-electron chi connectivity index (χ0n) is 19.8. The van der Waals surface area contributed by atoms with Crippen molar-refractivity contribution in [3.05, 3.63) is 65.7 Å². The standard InChI is InChI=1S/C25H35N5O2.HI/c1-29(2)24(31)19-28-25(26-17-20-11-13-22(32-3)14-12-20)27-18-23(30-15-7-8-16-30)21-9-5-4-6-10-21;/h4-6,9-14,23H,7-8,15-19H2,1-3H3,(H2,26,27,28);1H. The topological polar surface area (TPSA) is 69.2 Å². The summed E-state index contributed by atoms with van der Waals surface area (Å²) in [5.41, 5.74) is 2.37. The number of guanidine groups is 1. The lowest BCUT2D eigenvalue weighted by Gasteiger charge is -2.29. The summed E-state index contributed by atoms with van der Waals surface area (Å²) in [5.74, 6) is 1.46. The third-order valence-corrected chi connectivity index (χ3v) is 5.71. The molecule has 0 radical (unpaired) electrons. The minimum atomic E-state index is 0. The van der Waals surface area contributed by atoms with Gasteiger partial charge < -0.3 is 20.3 Å². The van der Waals surface area contributed by atoms with E-state index in [1.165, 1.54) is 18.4 Å². The third kappa shape index (κ3) is 8.51. The molecule has 2 aromatic rings. The Kier molecular flexibility index (Phi) is 11.5. The summed E-state index contributed by atoms with van der Waals surface area (Å²) in [6.07, 6.45) is 2.47. The third-order valence-electron chi connectivity index (χ3n) is 5.71. The van der Waals surface area contributed by atoms with Gasteiger partial charge in [0.15, 0.2) is 5.96 Å². The van der Waals surface area contributed by atoms with Crippen LogP contribution in [0.3, 0.4) is 0 Å². The average molecular weight is 566 g/mol. The van der Waals surface area contributed by atoms with Crippen LogP contribution in [0.4, 0.5) is 0 Å². The van der Waals surface area contributed by atoms with Gasteiger partial charge in [-0.2, -0.15) is 0 Å². The molecular formula is C25H36IN5O2. The fraction of sp³-hybridized carbons (Fsp3) is 0.440. The van der Waals surface area contributed by atoms with Gasteiger partial charge in [0.1, 0.15) is 5.75 Å². The Hall–Kier alpha value is -2.33. The number of ether oxygens (including phenoxy) is 1. The molecule has 180 valence electrons. The van der Waals surface area contributed by atoms with Crippen molar-refractivity contribution in [2.45, 2.75) is 25.4 Å². The van der Waals surface area contributed by atoms with Crippen LogP contribution in [0, 0.1) is 0 Å². The van der Waals surface area contributed by atoms with Gasteiger partial charge >= 0.3 is 0 Å². The highest BCUT2D eigenvalue weighted by Crippen LogP contribution is 2.24. The fourth-order valence-electron chi connectivity index (χ4n) is 3.77. The molecule has 1 amide bonds. The maximum absolute atomic E-state index is 12.1. The maximum atomic E-state index is 12.1. The number of hydrogen-bond donors (Lipinski definition) is 2. The molecule has 33 heavy (non-hydrogen) atoms. The van der Waals surface area contributed by atoms with E-state index in [-0.39, 0.29) is 42.5 Å². The summed E-state index contributed by atoms with van der Waals surface area (Å²) in [7, 11) is 5.17. The number of methoxy groups -OCH3 is 1. The Morgan fingerprint density at radius 3 is 2.33 bits per heavy atom. The SMILES string of the molecule is COc1ccc(CN=C(NCC(=O)N(C)C)NCC(c2ccccc2)N2CCCC2)cc1.I. The van der Waals surface area contributed by atoms with Crippen molar-refractivity contribution < 1.29 is 9.53 Å². The molecule has 1 fully saturated rings. The van der Waals surface area contributed by atoms with Gasteiger partial charge in [-0.1, -0.05) is 42.5 Å². The van der Waals surface area contributed by atoms with Crippen LogP contribution < -0.4 is 15.4 Å². The molecule has 0 aliphatic carbocycles. The largest absolute Gasteiger partial charge is 0.497 e. The van der Waals surface area contributed by atoms with Gasteiger partial charge in [0.2, 0.25) is 5.91 Å². The summed E-state index contributed by atoms with van der Waals surface area (Å²) < 4.78 is 5.23. The second kappa shape index (κ2) is 14.0. The van der Waals surface area contributed by atoms with E-state index in [0.29, 0.717) is 19.0 Å². The van der Waals surface area contributed by atoms with Gasteiger partial charge in [-0.15, -0.1) is 24.0 Å². The normalized spacial score (nSPS) is 14.8. The first-order valence-corrected chi connectivity index (χ1v) is 11.2. The van der Waals surface area contributed by atoms with Gasteiger partial charge in [0.05, 0.1) is 26.2 Å². The number of hydrogen-bond acceptors (Lipinski definition) is 4. The average Bonchev–Trinajstić information content (AvgIpc) is 3.35. The van der Waals surface area contributed by atoms with Gasteiger partial charge in [-0.3, -0.25) is 9.69 Å². The number of benzene rings is 2. The number of nitrogens with one attached hydrogen (secondary N) is 2. The number of likely N-dealkylation sites (tertiary alicyclic amines) is 1. The highest BCUT2D eigenvalue weighted by molar-refractivity contribution is 14.0. The molecule has 8 heteroatoms. The Balaban J connectivity index is 0.00000385. The predicted molar refractivity (Wildman–Crippen MR) is 144 cm³/mol. The van der Waals surface area contributed by atoms with E-state index in [2.05, 4.69) is 39.8 Å². The Bertz CT molecular complexity index is 868. The first-order chi connectivity index (χ1) is 15.6. The van der Waals surface area contributed by atoms with Crippen molar-refractivity contribution in [2.75, 3.05) is 47.4 Å². The first-order valence-electron chi connectivity index (χ1n) is 11.2. The lowest BCUT2D eigenvalue weighted by molar-refractivity contribution is -0.127. The zero-order chi connectivity index (χ0) is 22.8. The van der Waals surface area contributed by atoms with Crippen LogP contribution >= 0.6 is 24.0 Å². The van der Waals surface area contributed by atoms with Crippen molar-refractivity contribution in [3.63, 3.8) is 0 Å². The molecule has 1 heterocycles. The smallest absolute Gasteiger partial charge is 0.241 e. The highest BCUT2D eigenvalue weighted by atomic mass is 127. The Morgan fingerprint density at radius 1 is 1.06 bits per heavy atom. The molecule has 1 aliphatic heterocycles. The molecule has 1 atom stereocenters. The van der Waals surface area contributed by atoms with Crippen LogP contribution in [0.15, 0.2) is 59.6 Å². The minimum Gasteiger partial charge on any atom is -0.497 e. The summed E-state index contributed by atoms with van der Waals surface area (Å²) >= 11 is 0. The number of amides is 1. The van der Waals surface area contributed by atoms with Gasteiger partial charge in [0.25, 0.3) is 0 Å². The molecule has 3 rings (SSSR count). The number of nitrogens with zero attached hydrogens (tertiary/aromatic N) is 3. The van der Waals surface area contributed by atoms with Gasteiger partial charge in [0, 0.05) is 20.6 Å². The molecule has 1 saturated heterocycles. The van der Waals surface area contributed by atoms with Crippen molar-refractivity contribution in [1.29, 1.82) is 0 Å². The molecule has 0 aromatic heterocycles. The van der Waals surface area contributed by atoms with E-state index in [9.17, 15) is 4.79 Å². The number of likely N-dealkylation sites (N-methyl/N-ethyl adjacent to an activating group) is 1. The molecule has 1 unspecified atom stereocenters. The van der Waals surface area contributed by atoms with Gasteiger partial charge in [-0.25, -0.2) is 4.99 Å². The number of rotatable bonds is 9. The molecule has 0 saturated carbocycles. The molecule has 0 spiro atoms. The second-order valence-corrected chi connectivity index (χ2v) is 8.21. The molecule has 1 aliphatic rings. The number of aliphatic imine (C=N–C) groups is 1. The predicted octanol–water partition coefficient (Wildman–Crippen LogP) is 3.27. The van der Waals surface area contributed by atoms with Crippen LogP contribution in [0.25, 0.3) is 0 Å². The van der Waals surface area contributed by atoms with Crippen molar-refractivity contribution in [1.82, 2.24) is 20.4 Å². The van der Waals surface area contributed by atoms with E-state index in [1.807, 2.05) is 30.3 Å². The quantitative estimate of drug-likeness (QED) is 0.278. The lowest BCUT2D eigenvalue weighted by atomic mass is 10.1. The monoisotopic (exact) mass is 565 g/mol. The Morgan fingerprint density at radius 2 is 1.73 bits per heavy atom. The highest BCUT2D eigenvalue weighted by Gasteiger charge is 2.23. The first kappa shape index (κ1) is 26.9. The summed E-state index contributed by atoms with van der Waals surface area (Å²) in [6.45, 7) is 3.63. The molecule has 2 N–H and O–H groups in total. The van der Waals surface area contributed by atoms with Crippen molar-refractivity contribution in [3.8, 4) is 5.75 Å². The van der Waals surface area contributed by atoms with E-state index < -0.39 is 0 Å². The van der Waals surface area contributed by atoms with Crippen LogP contribution in [-0.2, 0) is 11.3 Å². The van der Waals surface area contributed by atoms with Crippen molar-refractivity contribution in [2.24, 2.45) is 4.99 Å². The van der Waals surface area contributed by atoms with Crippen molar-refractivity contribution >= 4 is 35.8 Å². The number of carbonyl (C=O) groups is 1. The van der Waals surface area contributed by atoms with E-state index >= 15 is 0 Å². The van der Waals surface area contributed by atoms with Crippen LogP contribution in [0.2, 0.25) is 0 Å². The maximum Gasteiger partial charge on any atom is 0.241 e. The molecule has 7 nitrogen and oxygen atoms in total. The van der Waals surface area contributed by atoms with Crippen LogP contribution in [0.1, 0.15) is 30.0 Å². The van der Waals surface area contributed by atoms with Crippen LogP contribution in [0.5, 0.6) is 5.75 Å². The summed E-state index contributed by atoms with van der Waals surface area (Å²) in [5, 5.41) is 6.68.